The first-order valence-electron chi connectivity index (χ1n) is 7.19. The molecule has 1 aliphatic carbocycles. The van der Waals surface area contributed by atoms with Gasteiger partial charge in [0.15, 0.2) is 5.13 Å². The second-order valence-corrected chi connectivity index (χ2v) is 6.51. The van der Waals surface area contributed by atoms with E-state index in [-0.39, 0.29) is 0 Å². The van der Waals surface area contributed by atoms with Crippen molar-refractivity contribution in [1.29, 1.82) is 0 Å². The number of likely N-dealkylation sites (N-methyl/N-ethyl adjacent to an activating group) is 2. The second-order valence-electron chi connectivity index (χ2n) is 5.67. The fourth-order valence-electron chi connectivity index (χ4n) is 2.31. The molecule has 1 atom stereocenters. The maximum Gasteiger partial charge on any atom is 0.185 e. The lowest BCUT2D eigenvalue weighted by Gasteiger charge is -2.29. The van der Waals surface area contributed by atoms with Crippen molar-refractivity contribution in [2.75, 3.05) is 32.1 Å². The Hall–Kier alpha value is -0.650. The summed E-state index contributed by atoms with van der Waals surface area (Å²) in [5.41, 5.74) is 1.18. The summed E-state index contributed by atoms with van der Waals surface area (Å²) in [7, 11) is 4.24. The lowest BCUT2D eigenvalue weighted by Crippen LogP contribution is -2.40. The topological polar surface area (TPSA) is 31.4 Å². The molecule has 4 nitrogen and oxygen atoms in total. The van der Waals surface area contributed by atoms with Crippen LogP contribution in [0.15, 0.2) is 5.38 Å². The summed E-state index contributed by atoms with van der Waals surface area (Å²) in [5.74, 6) is 0. The van der Waals surface area contributed by atoms with Crippen LogP contribution in [0.5, 0.6) is 0 Å². The van der Waals surface area contributed by atoms with Crippen molar-refractivity contribution in [2.45, 2.75) is 45.3 Å². The van der Waals surface area contributed by atoms with E-state index in [1.807, 2.05) is 0 Å². The number of hydrogen-bond acceptors (Lipinski definition) is 5. The molecule has 1 heterocycles. The van der Waals surface area contributed by atoms with Crippen LogP contribution in [0.3, 0.4) is 0 Å². The minimum absolute atomic E-state index is 0.496. The minimum Gasteiger partial charge on any atom is -0.344 e. The average Bonchev–Trinajstić information content (AvgIpc) is 3.06. The molecule has 0 bridgehead atoms. The molecular formula is C14H26N4S. The van der Waals surface area contributed by atoms with Gasteiger partial charge < -0.3 is 15.1 Å². The maximum absolute atomic E-state index is 4.77. The van der Waals surface area contributed by atoms with E-state index in [0.29, 0.717) is 6.04 Å². The van der Waals surface area contributed by atoms with Crippen LogP contribution in [0, 0.1) is 0 Å². The molecule has 0 saturated heterocycles. The van der Waals surface area contributed by atoms with Gasteiger partial charge in [-0.3, -0.25) is 0 Å². The number of nitrogens with one attached hydrogen (secondary N) is 1. The highest BCUT2D eigenvalue weighted by Crippen LogP contribution is 2.24. The van der Waals surface area contributed by atoms with Crippen molar-refractivity contribution in [3.8, 4) is 0 Å². The molecule has 1 fully saturated rings. The molecule has 0 spiro atoms. The molecule has 1 unspecified atom stereocenters. The van der Waals surface area contributed by atoms with Crippen LogP contribution in [0.25, 0.3) is 0 Å². The van der Waals surface area contributed by atoms with Gasteiger partial charge in [0.2, 0.25) is 0 Å². The summed E-state index contributed by atoms with van der Waals surface area (Å²) in [6.07, 6.45) is 2.66. The molecule has 1 N–H and O–H groups in total. The number of aromatic nitrogens is 1. The standard InChI is InChI=1S/C14H26N4S/c1-5-18(11(2)9-17(3)4)14-16-13(10-19-14)8-15-12-6-7-12/h10-12,15H,5-9H2,1-4H3. The summed E-state index contributed by atoms with van der Waals surface area (Å²) in [4.78, 5) is 9.40. The van der Waals surface area contributed by atoms with Gasteiger partial charge in [-0.15, -0.1) is 11.3 Å². The Balaban J connectivity index is 1.93. The van der Waals surface area contributed by atoms with Crippen LogP contribution in [0.4, 0.5) is 5.13 Å². The number of rotatable bonds is 8. The first-order valence-corrected chi connectivity index (χ1v) is 8.07. The highest BCUT2D eigenvalue weighted by atomic mass is 32.1. The fraction of sp³-hybridized carbons (Fsp3) is 0.786. The Labute approximate surface area is 120 Å². The normalized spacial score (nSPS) is 16.9. The number of hydrogen-bond donors (Lipinski definition) is 1. The van der Waals surface area contributed by atoms with E-state index < -0.39 is 0 Å². The predicted octanol–water partition coefficient (Wildman–Crippen LogP) is 2.17. The Morgan fingerprint density at radius 1 is 1.47 bits per heavy atom. The predicted molar refractivity (Wildman–Crippen MR) is 83.0 cm³/mol. The highest BCUT2D eigenvalue weighted by molar-refractivity contribution is 7.13. The van der Waals surface area contributed by atoms with Gasteiger partial charge >= 0.3 is 0 Å². The lowest BCUT2D eigenvalue weighted by molar-refractivity contribution is 0.373. The van der Waals surface area contributed by atoms with Crippen LogP contribution < -0.4 is 10.2 Å². The van der Waals surface area contributed by atoms with Crippen molar-refractivity contribution in [1.82, 2.24) is 15.2 Å². The molecule has 1 saturated carbocycles. The lowest BCUT2D eigenvalue weighted by atomic mass is 10.3. The molecule has 0 aliphatic heterocycles. The van der Waals surface area contributed by atoms with Crippen LogP contribution in [-0.2, 0) is 6.54 Å². The smallest absolute Gasteiger partial charge is 0.185 e. The third-order valence-electron chi connectivity index (χ3n) is 3.44. The molecule has 108 valence electrons. The van der Waals surface area contributed by atoms with Gasteiger partial charge in [0.05, 0.1) is 5.69 Å². The zero-order chi connectivity index (χ0) is 13.8. The van der Waals surface area contributed by atoms with Crippen LogP contribution in [-0.4, -0.2) is 49.2 Å². The average molecular weight is 282 g/mol. The SMILES string of the molecule is CCN(c1nc(CNC2CC2)cs1)C(C)CN(C)C. The summed E-state index contributed by atoms with van der Waals surface area (Å²) in [6, 6.07) is 1.25. The first-order chi connectivity index (χ1) is 9.10. The third-order valence-corrected chi connectivity index (χ3v) is 4.36. The molecule has 0 amide bonds. The van der Waals surface area contributed by atoms with Crippen LogP contribution in [0.2, 0.25) is 0 Å². The van der Waals surface area contributed by atoms with Crippen molar-refractivity contribution < 1.29 is 0 Å². The third kappa shape index (κ3) is 4.44. The molecule has 0 radical (unpaired) electrons. The quantitative estimate of drug-likeness (QED) is 0.792. The van der Waals surface area contributed by atoms with Crippen LogP contribution >= 0.6 is 11.3 Å². The monoisotopic (exact) mass is 282 g/mol. The van der Waals surface area contributed by atoms with E-state index in [4.69, 9.17) is 4.98 Å². The first kappa shape index (κ1) is 14.8. The van der Waals surface area contributed by atoms with E-state index in [2.05, 4.69) is 48.4 Å². The zero-order valence-electron chi connectivity index (χ0n) is 12.5. The molecule has 5 heteroatoms. The van der Waals surface area contributed by atoms with Gasteiger partial charge in [-0.05, 0) is 40.8 Å². The van der Waals surface area contributed by atoms with Crippen molar-refractivity contribution in [2.24, 2.45) is 0 Å². The molecule has 19 heavy (non-hydrogen) atoms. The van der Waals surface area contributed by atoms with Crippen LogP contribution in [0.1, 0.15) is 32.4 Å². The van der Waals surface area contributed by atoms with Crippen molar-refractivity contribution in [3.05, 3.63) is 11.1 Å². The molecule has 2 rings (SSSR count). The fourth-order valence-corrected chi connectivity index (χ4v) is 3.30. The van der Waals surface area contributed by atoms with Gasteiger partial charge in [-0.25, -0.2) is 4.98 Å². The van der Waals surface area contributed by atoms with Gasteiger partial charge in [0, 0.05) is 37.1 Å². The molecule has 1 aromatic heterocycles. The molecular weight excluding hydrogens is 256 g/mol. The largest absolute Gasteiger partial charge is 0.344 e. The Morgan fingerprint density at radius 2 is 2.21 bits per heavy atom. The van der Waals surface area contributed by atoms with Gasteiger partial charge in [-0.1, -0.05) is 0 Å². The minimum atomic E-state index is 0.496. The maximum atomic E-state index is 4.77. The van der Waals surface area contributed by atoms with Gasteiger partial charge in [0.25, 0.3) is 0 Å². The van der Waals surface area contributed by atoms with Gasteiger partial charge in [-0.2, -0.15) is 0 Å². The number of thiazole rings is 1. The van der Waals surface area contributed by atoms with Crippen molar-refractivity contribution >= 4 is 16.5 Å². The second kappa shape index (κ2) is 6.68. The Kier molecular flexibility index (Phi) is 5.19. The Bertz CT molecular complexity index is 387. The molecule has 1 aliphatic rings. The van der Waals surface area contributed by atoms with E-state index in [0.717, 1.165) is 30.8 Å². The molecule has 0 aromatic carbocycles. The van der Waals surface area contributed by atoms with Gasteiger partial charge in [0.1, 0.15) is 0 Å². The highest BCUT2D eigenvalue weighted by Gasteiger charge is 2.21. The Morgan fingerprint density at radius 3 is 2.79 bits per heavy atom. The van der Waals surface area contributed by atoms with Crippen molar-refractivity contribution in [3.63, 3.8) is 0 Å². The van der Waals surface area contributed by atoms with E-state index in [9.17, 15) is 0 Å². The summed E-state index contributed by atoms with van der Waals surface area (Å²) >= 11 is 1.77. The van der Waals surface area contributed by atoms with E-state index in [1.165, 1.54) is 18.5 Å². The summed E-state index contributed by atoms with van der Waals surface area (Å²) < 4.78 is 0. The number of nitrogens with zero attached hydrogens (tertiary/aromatic N) is 3. The van der Waals surface area contributed by atoms with E-state index >= 15 is 0 Å². The summed E-state index contributed by atoms with van der Waals surface area (Å²) in [6.45, 7) is 7.46. The van der Waals surface area contributed by atoms with E-state index in [1.54, 1.807) is 11.3 Å². The number of anilines is 1. The summed E-state index contributed by atoms with van der Waals surface area (Å²) in [5, 5.41) is 6.87. The molecule has 1 aromatic rings. The zero-order valence-corrected chi connectivity index (χ0v) is 13.3.